The molecule has 50 heavy (non-hydrogen) atoms. The molecule has 1 unspecified atom stereocenters. The highest BCUT2D eigenvalue weighted by atomic mass is 32.2. The molecular formula is C36H34N4O9S. The molecule has 1 fully saturated rings. The average Bonchev–Trinajstić information content (AvgIpc) is 3.63. The summed E-state index contributed by atoms with van der Waals surface area (Å²) in [4.78, 5) is 47.9. The van der Waals surface area contributed by atoms with Crippen molar-refractivity contribution in [1.82, 2.24) is 4.31 Å². The molecule has 3 aromatic rings. The Kier molecular flexibility index (Phi) is 9.11. The number of aliphatic imine (C=N–C) groups is 1. The van der Waals surface area contributed by atoms with Gasteiger partial charge in [-0.05, 0) is 73.9 Å². The van der Waals surface area contributed by atoms with Crippen LogP contribution in [-0.4, -0.2) is 76.0 Å². The summed E-state index contributed by atoms with van der Waals surface area (Å²) >= 11 is 0. The largest absolute Gasteiger partial charge is 0.497 e. The third-order valence-corrected chi connectivity index (χ3v) is 10.9. The minimum absolute atomic E-state index is 0.0277. The summed E-state index contributed by atoms with van der Waals surface area (Å²) in [6.07, 6.45) is -0.182. The predicted octanol–water partition coefficient (Wildman–Crippen LogP) is 3.62. The first-order chi connectivity index (χ1) is 24.1. The molecule has 258 valence electrons. The summed E-state index contributed by atoms with van der Waals surface area (Å²) in [6.45, 7) is 3.29. The lowest BCUT2D eigenvalue weighted by Gasteiger charge is -2.40. The van der Waals surface area contributed by atoms with Gasteiger partial charge in [0.1, 0.15) is 17.6 Å². The number of ether oxygens (including phenoxy) is 4. The zero-order chi connectivity index (χ0) is 35.8. The Morgan fingerprint density at radius 3 is 2.22 bits per heavy atom. The number of nitriles is 1. The van der Waals surface area contributed by atoms with Crippen LogP contribution in [0.3, 0.4) is 0 Å². The van der Waals surface area contributed by atoms with Crippen molar-refractivity contribution in [2.24, 2.45) is 4.99 Å². The molecule has 0 amide bonds. The first-order valence-electron chi connectivity index (χ1n) is 15.9. The number of nitrogens with zero attached hydrogens (tertiary/aromatic N) is 4. The van der Waals surface area contributed by atoms with E-state index in [4.69, 9.17) is 18.9 Å². The van der Waals surface area contributed by atoms with Gasteiger partial charge in [0.2, 0.25) is 0 Å². The average molecular weight is 699 g/mol. The van der Waals surface area contributed by atoms with Crippen LogP contribution in [0.15, 0.2) is 94.0 Å². The molecule has 0 N–H and O–H groups in total. The van der Waals surface area contributed by atoms with Gasteiger partial charge in [-0.15, -0.1) is 0 Å². The summed E-state index contributed by atoms with van der Waals surface area (Å²) in [5.41, 5.74) is 0.375. The second kappa shape index (κ2) is 13.3. The quantitative estimate of drug-likeness (QED) is 0.224. The Labute approximate surface area is 289 Å². The highest BCUT2D eigenvalue weighted by molar-refractivity contribution is 7.89. The molecule has 13 nitrogen and oxygen atoms in total. The van der Waals surface area contributed by atoms with Crippen LogP contribution in [0, 0.1) is 11.3 Å². The molecule has 1 saturated heterocycles. The molecule has 3 aromatic carbocycles. The number of sulfonamides is 1. The van der Waals surface area contributed by atoms with E-state index in [1.165, 1.54) is 31.4 Å². The number of anilines is 1. The van der Waals surface area contributed by atoms with Crippen LogP contribution >= 0.6 is 0 Å². The number of hydrogen-bond donors (Lipinski definition) is 0. The van der Waals surface area contributed by atoms with Crippen molar-refractivity contribution in [3.63, 3.8) is 0 Å². The van der Waals surface area contributed by atoms with Crippen LogP contribution in [0.2, 0.25) is 0 Å². The smallest absolute Gasteiger partial charge is 0.357 e. The van der Waals surface area contributed by atoms with Gasteiger partial charge in [0.25, 0.3) is 10.0 Å². The van der Waals surface area contributed by atoms with Gasteiger partial charge in [-0.1, -0.05) is 30.3 Å². The number of carbonyl (C=O) groups excluding carboxylic acids is 3. The van der Waals surface area contributed by atoms with Crippen LogP contribution < -0.4 is 9.64 Å². The number of para-hydroxylation sites is 1. The maximum absolute atomic E-state index is 14.7. The van der Waals surface area contributed by atoms with Gasteiger partial charge in [-0.2, -0.15) is 5.26 Å². The molecule has 0 aromatic heterocycles. The second-order valence-corrected chi connectivity index (χ2v) is 13.5. The number of carbonyl (C=O) groups is 3. The van der Waals surface area contributed by atoms with Crippen molar-refractivity contribution < 1.29 is 41.7 Å². The molecule has 3 heterocycles. The van der Waals surface area contributed by atoms with Crippen molar-refractivity contribution >= 4 is 39.5 Å². The predicted molar refractivity (Wildman–Crippen MR) is 179 cm³/mol. The number of benzene rings is 3. The lowest BCUT2D eigenvalue weighted by molar-refractivity contribution is -0.144. The van der Waals surface area contributed by atoms with E-state index < -0.39 is 51.1 Å². The summed E-state index contributed by atoms with van der Waals surface area (Å²) in [5.74, 6) is -2.39. The topological polar surface area (TPSA) is 165 Å². The SMILES string of the molecule is CCOC(=O)C1=C(C(=O)OCC)C2N(Cc3ccc(C#N)cc3)c3ccccc3[C@@]23C[C@@H](C(=O)OC)N(S(=O)(=O)c2ccc(OC)cc2)C3=N1. The number of amidine groups is 1. The number of methoxy groups -OCH3 is 2. The first-order valence-corrected chi connectivity index (χ1v) is 17.3. The fourth-order valence-electron chi connectivity index (χ4n) is 7.08. The highest BCUT2D eigenvalue weighted by Gasteiger charge is 2.68. The van der Waals surface area contributed by atoms with E-state index in [9.17, 15) is 28.1 Å². The molecular weight excluding hydrogens is 664 g/mol. The zero-order valence-electron chi connectivity index (χ0n) is 27.8. The number of hydrogen-bond acceptors (Lipinski definition) is 12. The van der Waals surface area contributed by atoms with Crippen molar-refractivity contribution in [3.05, 3.63) is 101 Å². The summed E-state index contributed by atoms with van der Waals surface area (Å²) < 4.78 is 51.6. The van der Waals surface area contributed by atoms with E-state index in [1.807, 2.05) is 11.0 Å². The first kappa shape index (κ1) is 34.2. The fourth-order valence-corrected chi connectivity index (χ4v) is 8.71. The molecule has 0 radical (unpaired) electrons. The van der Waals surface area contributed by atoms with Crippen LogP contribution in [-0.2, 0) is 50.6 Å². The summed E-state index contributed by atoms with van der Waals surface area (Å²) in [6, 6.07) is 19.3. The van der Waals surface area contributed by atoms with E-state index in [-0.39, 0.29) is 42.5 Å². The van der Waals surface area contributed by atoms with Gasteiger partial charge in [0.15, 0.2) is 5.70 Å². The molecule has 0 saturated carbocycles. The molecule has 3 atom stereocenters. The van der Waals surface area contributed by atoms with Crippen LogP contribution in [0.25, 0.3) is 0 Å². The molecule has 3 aliphatic rings. The van der Waals surface area contributed by atoms with E-state index >= 15 is 0 Å². The molecule has 14 heteroatoms. The molecule has 0 bridgehead atoms. The van der Waals surface area contributed by atoms with Crippen molar-refractivity contribution in [2.45, 2.75) is 49.2 Å². The van der Waals surface area contributed by atoms with Gasteiger partial charge in [0, 0.05) is 12.2 Å². The van der Waals surface area contributed by atoms with Gasteiger partial charge < -0.3 is 23.8 Å². The summed E-state index contributed by atoms with van der Waals surface area (Å²) in [5, 5.41) is 9.39. The molecule has 6 rings (SSSR count). The Morgan fingerprint density at radius 1 is 0.940 bits per heavy atom. The molecule has 1 spiro atoms. The maximum Gasteiger partial charge on any atom is 0.357 e. The normalized spacial score (nSPS) is 20.6. The Balaban J connectivity index is 1.67. The van der Waals surface area contributed by atoms with E-state index in [2.05, 4.69) is 11.1 Å². The Hall–Kier alpha value is -5.68. The minimum Gasteiger partial charge on any atom is -0.497 e. The lowest BCUT2D eigenvalue weighted by atomic mass is 9.69. The Bertz CT molecular complexity index is 2070. The van der Waals surface area contributed by atoms with Gasteiger partial charge in [-0.3, -0.25) is 0 Å². The van der Waals surface area contributed by atoms with E-state index in [1.54, 1.807) is 56.3 Å². The maximum atomic E-state index is 14.7. The van der Waals surface area contributed by atoms with Gasteiger partial charge >= 0.3 is 17.9 Å². The van der Waals surface area contributed by atoms with E-state index in [0.29, 0.717) is 22.6 Å². The fraction of sp³-hybridized carbons (Fsp3) is 0.306. The Morgan fingerprint density at radius 2 is 1.60 bits per heavy atom. The number of fused-ring (bicyclic) bond motifs is 1. The van der Waals surface area contributed by atoms with Crippen LogP contribution in [0.4, 0.5) is 5.69 Å². The monoisotopic (exact) mass is 698 g/mol. The van der Waals surface area contributed by atoms with Crippen LogP contribution in [0.1, 0.15) is 37.0 Å². The third-order valence-electron chi connectivity index (χ3n) is 9.11. The highest BCUT2D eigenvalue weighted by Crippen LogP contribution is 2.59. The minimum atomic E-state index is -4.57. The van der Waals surface area contributed by atoms with Gasteiger partial charge in [-0.25, -0.2) is 32.1 Å². The summed E-state index contributed by atoms with van der Waals surface area (Å²) in [7, 11) is -1.97. The van der Waals surface area contributed by atoms with Gasteiger partial charge in [0.05, 0.1) is 61.0 Å². The molecule has 0 aliphatic carbocycles. The number of rotatable bonds is 10. The van der Waals surface area contributed by atoms with Crippen molar-refractivity contribution in [2.75, 3.05) is 32.3 Å². The number of esters is 3. The standard InChI is InChI=1S/C36H34N4O9S/c1-5-48-33(42)29-30(34(43)49-6-2)38-35-36(19-28(32(41)47-4)40(35)50(44,45)25-17-15-24(46-3)16-18-25)26-9-7-8-10-27(26)39(31(29)36)21-23-13-11-22(20-37)12-14-23/h7-18,28,31H,5-6,19,21H2,1-4H3/t28-,31?,36-/m0/s1. The second-order valence-electron chi connectivity index (χ2n) is 11.7. The van der Waals surface area contributed by atoms with Crippen molar-refractivity contribution in [1.29, 1.82) is 5.26 Å². The lowest BCUT2D eigenvalue weighted by Crippen LogP contribution is -2.55. The molecule has 3 aliphatic heterocycles. The van der Waals surface area contributed by atoms with E-state index in [0.717, 1.165) is 17.0 Å². The zero-order valence-corrected chi connectivity index (χ0v) is 28.6. The third kappa shape index (κ3) is 5.34. The van der Waals surface area contributed by atoms with Crippen LogP contribution in [0.5, 0.6) is 5.75 Å². The van der Waals surface area contributed by atoms with Crippen molar-refractivity contribution in [3.8, 4) is 11.8 Å².